The van der Waals surface area contributed by atoms with Crippen LogP contribution in [0.3, 0.4) is 0 Å². The Kier molecular flexibility index (Phi) is 4.02. The van der Waals surface area contributed by atoms with Crippen LogP contribution in [0.1, 0.15) is 12.8 Å². The molecule has 20 heavy (non-hydrogen) atoms. The molecule has 106 valence electrons. The lowest BCUT2D eigenvalue weighted by Gasteiger charge is -2.06. The van der Waals surface area contributed by atoms with Crippen molar-refractivity contribution in [3.05, 3.63) is 6.33 Å². The fourth-order valence-electron chi connectivity index (χ4n) is 1.80. The van der Waals surface area contributed by atoms with Gasteiger partial charge < -0.3 is 10.6 Å². The van der Waals surface area contributed by atoms with Gasteiger partial charge in [0.15, 0.2) is 9.99 Å². The lowest BCUT2D eigenvalue weighted by molar-refractivity contribution is -0.122. The molecule has 3 rings (SSSR count). The summed E-state index contributed by atoms with van der Waals surface area (Å²) >= 11 is 3.18. The van der Waals surface area contributed by atoms with E-state index in [9.17, 15) is 4.79 Å². The van der Waals surface area contributed by atoms with Crippen LogP contribution < -0.4 is 10.6 Å². The molecule has 1 aliphatic rings. The summed E-state index contributed by atoms with van der Waals surface area (Å²) in [6, 6.07) is 0. The smallest absolute Gasteiger partial charge is 0.223 e. The zero-order valence-corrected chi connectivity index (χ0v) is 12.7. The van der Waals surface area contributed by atoms with Crippen LogP contribution in [-0.2, 0) is 4.79 Å². The van der Waals surface area contributed by atoms with Gasteiger partial charge in [-0.15, -0.1) is 11.3 Å². The van der Waals surface area contributed by atoms with Crippen LogP contribution in [0, 0.1) is 5.92 Å². The maximum atomic E-state index is 11.5. The number of aromatic nitrogens is 3. The third-order valence-electron chi connectivity index (χ3n) is 3.01. The van der Waals surface area contributed by atoms with Gasteiger partial charge in [0, 0.05) is 19.0 Å². The maximum Gasteiger partial charge on any atom is 0.223 e. The van der Waals surface area contributed by atoms with Crippen LogP contribution in [0.4, 0.5) is 5.82 Å². The average molecular weight is 309 g/mol. The first-order valence-corrected chi connectivity index (χ1v) is 8.49. The molecule has 8 heteroatoms. The highest BCUT2D eigenvalue weighted by Crippen LogP contribution is 2.30. The zero-order valence-electron chi connectivity index (χ0n) is 11.0. The van der Waals surface area contributed by atoms with Gasteiger partial charge in [0.2, 0.25) is 5.91 Å². The number of thioether (sulfide) groups is 1. The highest BCUT2D eigenvalue weighted by molar-refractivity contribution is 8.00. The Balaban J connectivity index is 1.59. The number of hydrogen-bond acceptors (Lipinski definition) is 7. The van der Waals surface area contributed by atoms with Crippen molar-refractivity contribution in [3.63, 3.8) is 0 Å². The summed E-state index contributed by atoms with van der Waals surface area (Å²) in [6.07, 6.45) is 5.57. The number of amides is 1. The van der Waals surface area contributed by atoms with E-state index in [0.717, 1.165) is 33.3 Å². The second-order valence-electron chi connectivity index (χ2n) is 4.55. The summed E-state index contributed by atoms with van der Waals surface area (Å²) in [7, 11) is 0. The van der Waals surface area contributed by atoms with Crippen molar-refractivity contribution in [2.45, 2.75) is 17.2 Å². The highest BCUT2D eigenvalue weighted by atomic mass is 32.2. The van der Waals surface area contributed by atoms with Gasteiger partial charge in [0.05, 0.1) is 0 Å². The lowest BCUT2D eigenvalue weighted by Crippen LogP contribution is -2.29. The topological polar surface area (TPSA) is 79.8 Å². The molecule has 0 atom stereocenters. The van der Waals surface area contributed by atoms with E-state index in [1.54, 1.807) is 23.1 Å². The Morgan fingerprint density at radius 2 is 2.30 bits per heavy atom. The summed E-state index contributed by atoms with van der Waals surface area (Å²) in [5.74, 6) is 1.21. The molecule has 1 saturated carbocycles. The molecular formula is C12H15N5OS2. The minimum atomic E-state index is 0.169. The Morgan fingerprint density at radius 3 is 3.05 bits per heavy atom. The molecule has 0 bridgehead atoms. The number of carbonyl (C=O) groups is 1. The number of fused-ring (bicyclic) bond motifs is 1. The van der Waals surface area contributed by atoms with E-state index < -0.39 is 0 Å². The SMILES string of the molecule is CSc1nc2ncnc(NCCNC(=O)C3CC3)c2s1. The molecule has 2 aromatic rings. The first-order valence-electron chi connectivity index (χ1n) is 6.45. The number of nitrogens with zero attached hydrogens (tertiary/aromatic N) is 3. The van der Waals surface area contributed by atoms with Crippen molar-refractivity contribution in [2.24, 2.45) is 5.92 Å². The quantitative estimate of drug-likeness (QED) is 0.625. The van der Waals surface area contributed by atoms with Crippen LogP contribution >= 0.6 is 23.1 Å². The molecule has 0 radical (unpaired) electrons. The molecule has 6 nitrogen and oxygen atoms in total. The third-order valence-corrected chi connectivity index (χ3v) is 5.05. The fourth-order valence-corrected chi connectivity index (χ4v) is 3.28. The minimum Gasteiger partial charge on any atom is -0.367 e. The van der Waals surface area contributed by atoms with Crippen LogP contribution in [0.5, 0.6) is 0 Å². The molecule has 1 aliphatic carbocycles. The van der Waals surface area contributed by atoms with Gasteiger partial charge in [-0.05, 0) is 19.1 Å². The van der Waals surface area contributed by atoms with E-state index in [0.29, 0.717) is 13.1 Å². The van der Waals surface area contributed by atoms with Gasteiger partial charge in [-0.1, -0.05) is 11.8 Å². The predicted octanol–water partition coefficient (Wildman–Crippen LogP) is 1.75. The maximum absolute atomic E-state index is 11.5. The summed E-state index contributed by atoms with van der Waals surface area (Å²) in [5.41, 5.74) is 0.721. The van der Waals surface area contributed by atoms with Gasteiger partial charge in [-0.2, -0.15) is 0 Å². The fraction of sp³-hybridized carbons (Fsp3) is 0.500. The van der Waals surface area contributed by atoms with Crippen LogP contribution in [0.25, 0.3) is 10.3 Å². The van der Waals surface area contributed by atoms with E-state index in [1.165, 1.54) is 6.33 Å². The van der Waals surface area contributed by atoms with Crippen molar-refractivity contribution in [1.82, 2.24) is 20.3 Å². The highest BCUT2D eigenvalue weighted by Gasteiger charge is 2.28. The van der Waals surface area contributed by atoms with Crippen molar-refractivity contribution in [1.29, 1.82) is 0 Å². The molecule has 0 aromatic carbocycles. The number of hydrogen-bond donors (Lipinski definition) is 2. The molecule has 2 aromatic heterocycles. The van der Waals surface area contributed by atoms with E-state index in [-0.39, 0.29) is 11.8 Å². The van der Waals surface area contributed by atoms with Gasteiger partial charge in [-0.3, -0.25) is 4.79 Å². The summed E-state index contributed by atoms with van der Waals surface area (Å²) in [6.45, 7) is 1.26. The van der Waals surface area contributed by atoms with Gasteiger partial charge in [0.1, 0.15) is 16.8 Å². The average Bonchev–Trinajstić information content (AvgIpc) is 3.22. The van der Waals surface area contributed by atoms with E-state index in [4.69, 9.17) is 0 Å². The standard InChI is InChI=1S/C12H15N5OS2/c1-19-12-17-10-8(20-12)9(15-6-16-10)13-4-5-14-11(18)7-2-3-7/h6-7H,2-5H2,1H3,(H,14,18)(H,13,15,16). The van der Waals surface area contributed by atoms with Crippen LogP contribution in [-0.4, -0.2) is 40.2 Å². The lowest BCUT2D eigenvalue weighted by atomic mass is 10.4. The molecular weight excluding hydrogens is 294 g/mol. The molecule has 0 aliphatic heterocycles. The first-order chi connectivity index (χ1) is 9.78. The van der Waals surface area contributed by atoms with Crippen LogP contribution in [0.15, 0.2) is 10.7 Å². The number of thiazole rings is 1. The second kappa shape index (κ2) is 5.92. The van der Waals surface area contributed by atoms with Crippen molar-refractivity contribution < 1.29 is 4.79 Å². The third kappa shape index (κ3) is 3.01. The number of nitrogens with one attached hydrogen (secondary N) is 2. The van der Waals surface area contributed by atoms with Crippen molar-refractivity contribution >= 4 is 45.2 Å². The van der Waals surface area contributed by atoms with Gasteiger partial charge in [-0.25, -0.2) is 15.0 Å². The summed E-state index contributed by atoms with van der Waals surface area (Å²) < 4.78 is 1.94. The molecule has 1 fully saturated rings. The first kappa shape index (κ1) is 13.6. The Hall–Kier alpha value is -1.41. The Bertz CT molecular complexity index is 625. The minimum absolute atomic E-state index is 0.169. The second-order valence-corrected chi connectivity index (χ2v) is 6.60. The molecule has 0 saturated heterocycles. The largest absolute Gasteiger partial charge is 0.367 e. The van der Waals surface area contributed by atoms with Crippen LogP contribution in [0.2, 0.25) is 0 Å². The van der Waals surface area contributed by atoms with Crippen molar-refractivity contribution in [3.8, 4) is 0 Å². The molecule has 0 spiro atoms. The van der Waals surface area contributed by atoms with Crippen molar-refractivity contribution in [2.75, 3.05) is 24.7 Å². The zero-order chi connectivity index (χ0) is 13.9. The molecule has 0 unspecified atom stereocenters. The summed E-state index contributed by atoms with van der Waals surface area (Å²) in [4.78, 5) is 24.3. The molecule has 2 heterocycles. The Morgan fingerprint density at radius 1 is 1.45 bits per heavy atom. The number of rotatable bonds is 6. The van der Waals surface area contributed by atoms with E-state index >= 15 is 0 Å². The number of anilines is 1. The van der Waals surface area contributed by atoms with Gasteiger partial charge in [0.25, 0.3) is 0 Å². The Labute approximate surface area is 124 Å². The predicted molar refractivity (Wildman–Crippen MR) is 81.2 cm³/mol. The monoisotopic (exact) mass is 309 g/mol. The van der Waals surface area contributed by atoms with Gasteiger partial charge >= 0.3 is 0 Å². The molecule has 1 amide bonds. The normalized spacial score (nSPS) is 14.4. The van der Waals surface area contributed by atoms with E-state index in [1.807, 2.05) is 6.26 Å². The summed E-state index contributed by atoms with van der Waals surface area (Å²) in [5, 5.41) is 6.15. The number of carbonyl (C=O) groups excluding carboxylic acids is 1. The molecule has 2 N–H and O–H groups in total. The van der Waals surface area contributed by atoms with E-state index in [2.05, 4.69) is 25.6 Å².